The molecule has 0 aliphatic carbocycles. The van der Waals surface area contributed by atoms with Gasteiger partial charge in [-0.2, -0.15) is 0 Å². The van der Waals surface area contributed by atoms with Crippen LogP contribution < -0.4 is 0 Å². The van der Waals surface area contributed by atoms with E-state index in [0.717, 1.165) is 12.1 Å². The predicted molar refractivity (Wildman–Crippen MR) is 61.8 cm³/mol. The summed E-state index contributed by atoms with van der Waals surface area (Å²) in [5.74, 6) is -2.32. The maximum atomic E-state index is 13.4. The highest BCUT2D eigenvalue weighted by Crippen LogP contribution is 2.22. The van der Waals surface area contributed by atoms with E-state index in [2.05, 4.69) is 15.9 Å². The van der Waals surface area contributed by atoms with Crippen LogP contribution in [-0.2, 0) is 15.6 Å². The number of halogens is 3. The van der Waals surface area contributed by atoms with Crippen LogP contribution in [0.4, 0.5) is 8.78 Å². The summed E-state index contributed by atoms with van der Waals surface area (Å²) in [5, 5.41) is -0.657. The zero-order valence-corrected chi connectivity index (χ0v) is 11.2. The van der Waals surface area contributed by atoms with Gasteiger partial charge in [0.05, 0.1) is 11.0 Å². The van der Waals surface area contributed by atoms with Crippen LogP contribution >= 0.6 is 15.9 Å². The number of hydrogen-bond donors (Lipinski definition) is 0. The van der Waals surface area contributed by atoms with Gasteiger partial charge in [0.15, 0.2) is 9.84 Å². The molecule has 1 aromatic rings. The van der Waals surface area contributed by atoms with Crippen molar-refractivity contribution < 1.29 is 17.2 Å². The first-order valence-corrected chi connectivity index (χ1v) is 7.10. The predicted octanol–water partition coefficient (Wildman–Crippen LogP) is 3.05. The van der Waals surface area contributed by atoms with Crippen molar-refractivity contribution in [1.29, 1.82) is 0 Å². The molecule has 2 nitrogen and oxygen atoms in total. The molecule has 90 valence electrons. The molecule has 0 heterocycles. The summed E-state index contributed by atoms with van der Waals surface area (Å²) in [5.41, 5.74) is -0.406. The van der Waals surface area contributed by atoms with Gasteiger partial charge in [0.25, 0.3) is 0 Å². The Balaban J connectivity index is 3.17. The zero-order valence-electron chi connectivity index (χ0n) is 8.80. The maximum Gasteiger partial charge on any atom is 0.156 e. The van der Waals surface area contributed by atoms with E-state index in [1.165, 1.54) is 13.8 Å². The lowest BCUT2D eigenvalue weighted by Crippen LogP contribution is -2.17. The highest BCUT2D eigenvalue weighted by atomic mass is 79.9. The highest BCUT2D eigenvalue weighted by Gasteiger charge is 2.22. The third-order valence-corrected chi connectivity index (χ3v) is 4.75. The molecular weight excluding hydrogens is 302 g/mol. The van der Waals surface area contributed by atoms with Gasteiger partial charge in [0.2, 0.25) is 0 Å². The molecule has 0 aromatic heterocycles. The molecule has 0 aliphatic heterocycles. The van der Waals surface area contributed by atoms with Crippen molar-refractivity contribution in [2.45, 2.75) is 24.9 Å². The Morgan fingerprint density at radius 3 is 2.06 bits per heavy atom. The second-order valence-electron chi connectivity index (χ2n) is 3.70. The minimum atomic E-state index is -3.50. The Kier molecular flexibility index (Phi) is 4.07. The molecular formula is C10H11BrF2O2S. The molecule has 0 fully saturated rings. The van der Waals surface area contributed by atoms with E-state index in [9.17, 15) is 17.2 Å². The van der Waals surface area contributed by atoms with E-state index in [4.69, 9.17) is 0 Å². The summed E-state index contributed by atoms with van der Waals surface area (Å²) >= 11 is 2.93. The lowest BCUT2D eigenvalue weighted by atomic mass is 10.2. The van der Waals surface area contributed by atoms with E-state index in [1.54, 1.807) is 0 Å². The fraction of sp³-hybridized carbons (Fsp3) is 0.400. The summed E-state index contributed by atoms with van der Waals surface area (Å²) in [7, 11) is -3.50. The standard InChI is InChI=1S/C10H11BrF2O2S/c1-6(2)16(14,15)5-8-9(12)3-7(11)4-10(8)13/h3-4,6H,5H2,1-2H3. The average molecular weight is 313 g/mol. The molecule has 0 atom stereocenters. The van der Waals surface area contributed by atoms with E-state index < -0.39 is 38.0 Å². The second-order valence-corrected chi connectivity index (χ2v) is 7.18. The molecule has 0 radical (unpaired) electrons. The molecule has 0 saturated carbocycles. The quantitative estimate of drug-likeness (QED) is 0.859. The third kappa shape index (κ3) is 3.01. The van der Waals surface area contributed by atoms with E-state index in [1.807, 2.05) is 0 Å². The molecule has 0 saturated heterocycles. The van der Waals surface area contributed by atoms with Gasteiger partial charge in [0, 0.05) is 10.0 Å². The zero-order chi connectivity index (χ0) is 12.5. The summed E-state index contributed by atoms with van der Waals surface area (Å²) in [6.45, 7) is 2.95. The Hall–Kier alpha value is -0.490. The average Bonchev–Trinajstić information content (AvgIpc) is 2.11. The summed E-state index contributed by atoms with van der Waals surface area (Å²) < 4.78 is 50.1. The minimum absolute atomic E-state index is 0.244. The van der Waals surface area contributed by atoms with Crippen LogP contribution in [0.1, 0.15) is 19.4 Å². The lowest BCUT2D eigenvalue weighted by molar-refractivity contribution is 0.552. The van der Waals surface area contributed by atoms with Gasteiger partial charge in [-0.15, -0.1) is 0 Å². The van der Waals surface area contributed by atoms with Crippen molar-refractivity contribution in [3.63, 3.8) is 0 Å². The molecule has 16 heavy (non-hydrogen) atoms. The van der Waals surface area contributed by atoms with Crippen molar-refractivity contribution in [2.24, 2.45) is 0 Å². The monoisotopic (exact) mass is 312 g/mol. The largest absolute Gasteiger partial charge is 0.228 e. The second kappa shape index (κ2) is 4.79. The summed E-state index contributed by atoms with van der Waals surface area (Å²) in [6.07, 6.45) is 0. The van der Waals surface area contributed by atoms with Crippen molar-refractivity contribution in [3.05, 3.63) is 33.8 Å². The number of rotatable bonds is 3. The number of hydrogen-bond acceptors (Lipinski definition) is 2. The van der Waals surface area contributed by atoms with Gasteiger partial charge >= 0.3 is 0 Å². The fourth-order valence-electron chi connectivity index (χ4n) is 1.08. The highest BCUT2D eigenvalue weighted by molar-refractivity contribution is 9.10. The first-order chi connectivity index (χ1) is 7.24. The first-order valence-electron chi connectivity index (χ1n) is 4.59. The molecule has 0 N–H and O–H groups in total. The lowest BCUT2D eigenvalue weighted by Gasteiger charge is -2.09. The van der Waals surface area contributed by atoms with Crippen LogP contribution in [0.15, 0.2) is 16.6 Å². The van der Waals surface area contributed by atoms with Gasteiger partial charge < -0.3 is 0 Å². The van der Waals surface area contributed by atoms with Gasteiger partial charge in [0.1, 0.15) is 11.6 Å². The molecule has 0 unspecified atom stereocenters. The first kappa shape index (κ1) is 13.6. The summed E-state index contributed by atoms with van der Waals surface area (Å²) in [4.78, 5) is 0. The Morgan fingerprint density at radius 1 is 1.25 bits per heavy atom. The fourth-order valence-corrected chi connectivity index (χ4v) is 2.49. The van der Waals surface area contributed by atoms with Gasteiger partial charge in [-0.05, 0) is 26.0 Å². The third-order valence-electron chi connectivity index (χ3n) is 2.17. The topological polar surface area (TPSA) is 34.1 Å². The van der Waals surface area contributed by atoms with Crippen LogP contribution in [0.5, 0.6) is 0 Å². The van der Waals surface area contributed by atoms with E-state index in [-0.39, 0.29) is 4.47 Å². The molecule has 0 spiro atoms. The molecule has 0 amide bonds. The number of sulfone groups is 1. The van der Waals surface area contributed by atoms with Gasteiger partial charge in [-0.3, -0.25) is 0 Å². The van der Waals surface area contributed by atoms with Crippen LogP contribution in [0, 0.1) is 11.6 Å². The molecule has 0 aliphatic rings. The Bertz CT molecular complexity index is 475. The molecule has 1 rings (SSSR count). The van der Waals surface area contributed by atoms with Crippen LogP contribution in [0.2, 0.25) is 0 Å². The van der Waals surface area contributed by atoms with Crippen molar-refractivity contribution in [2.75, 3.05) is 0 Å². The molecule has 6 heteroatoms. The van der Waals surface area contributed by atoms with Crippen LogP contribution in [-0.4, -0.2) is 13.7 Å². The van der Waals surface area contributed by atoms with E-state index in [0.29, 0.717) is 0 Å². The Labute approximate surface area is 102 Å². The number of benzene rings is 1. The van der Waals surface area contributed by atoms with Crippen molar-refractivity contribution in [3.8, 4) is 0 Å². The maximum absolute atomic E-state index is 13.4. The normalized spacial score (nSPS) is 12.1. The van der Waals surface area contributed by atoms with Crippen molar-refractivity contribution >= 4 is 25.8 Å². The van der Waals surface area contributed by atoms with Crippen molar-refractivity contribution in [1.82, 2.24) is 0 Å². The minimum Gasteiger partial charge on any atom is -0.228 e. The Morgan fingerprint density at radius 2 is 1.69 bits per heavy atom. The smallest absolute Gasteiger partial charge is 0.156 e. The molecule has 1 aromatic carbocycles. The summed E-state index contributed by atoms with van der Waals surface area (Å²) in [6, 6.07) is 2.10. The SMILES string of the molecule is CC(C)S(=O)(=O)Cc1c(F)cc(Br)cc1F. The van der Waals surface area contributed by atoms with E-state index >= 15 is 0 Å². The van der Waals surface area contributed by atoms with Gasteiger partial charge in [-0.1, -0.05) is 15.9 Å². The van der Waals surface area contributed by atoms with Crippen LogP contribution in [0.25, 0.3) is 0 Å². The molecule has 0 bridgehead atoms. The van der Waals surface area contributed by atoms with Crippen LogP contribution in [0.3, 0.4) is 0 Å². The van der Waals surface area contributed by atoms with Gasteiger partial charge in [-0.25, -0.2) is 17.2 Å².